The molecule has 178 valence electrons. The number of aromatic nitrogens is 3. The van der Waals surface area contributed by atoms with Crippen LogP contribution in [0.2, 0.25) is 0 Å². The van der Waals surface area contributed by atoms with E-state index in [2.05, 4.69) is 15.0 Å². The summed E-state index contributed by atoms with van der Waals surface area (Å²) in [6, 6.07) is 25.9. The van der Waals surface area contributed by atoms with Crippen molar-refractivity contribution in [2.24, 2.45) is 0 Å². The summed E-state index contributed by atoms with van der Waals surface area (Å²) in [5, 5.41) is 6.49. The molecule has 1 aliphatic carbocycles. The molecule has 1 aliphatic rings. The lowest BCUT2D eigenvalue weighted by Crippen LogP contribution is -2.25. The van der Waals surface area contributed by atoms with E-state index in [4.69, 9.17) is 15.7 Å². The average Bonchev–Trinajstić information content (AvgIpc) is 3.62. The van der Waals surface area contributed by atoms with Crippen LogP contribution in [0.3, 0.4) is 0 Å². The van der Waals surface area contributed by atoms with E-state index >= 15 is 0 Å². The zero-order valence-electron chi connectivity index (χ0n) is 19.7. The van der Waals surface area contributed by atoms with Crippen LogP contribution in [0.25, 0.3) is 28.2 Å². The number of imidazole rings is 1. The molecule has 5 aromatic rings. The van der Waals surface area contributed by atoms with Gasteiger partial charge in [-0.3, -0.25) is 9.20 Å². The summed E-state index contributed by atoms with van der Waals surface area (Å²) in [4.78, 5) is 22.0. The number of nitrogens with one attached hydrogen (secondary N) is 2. The Hall–Kier alpha value is -4.65. The first kappa shape index (κ1) is 21.9. The van der Waals surface area contributed by atoms with Gasteiger partial charge in [0.2, 0.25) is 0 Å². The quantitative estimate of drug-likeness (QED) is 0.284. The van der Waals surface area contributed by atoms with Crippen molar-refractivity contribution in [3.8, 4) is 22.5 Å². The predicted molar refractivity (Wildman–Crippen MR) is 143 cm³/mol. The molecule has 0 unspecified atom stereocenters. The number of hydrogen-bond acceptors (Lipinski definition) is 5. The summed E-state index contributed by atoms with van der Waals surface area (Å²) in [7, 11) is 0. The van der Waals surface area contributed by atoms with Crippen molar-refractivity contribution in [2.75, 3.05) is 11.1 Å². The Morgan fingerprint density at radius 3 is 2.53 bits per heavy atom. The van der Waals surface area contributed by atoms with Crippen LogP contribution in [0, 0.1) is 0 Å². The van der Waals surface area contributed by atoms with E-state index in [0.29, 0.717) is 24.0 Å². The van der Waals surface area contributed by atoms with Crippen molar-refractivity contribution in [2.45, 2.75) is 25.4 Å². The molecular weight excluding hydrogens is 448 g/mol. The van der Waals surface area contributed by atoms with Gasteiger partial charge in [-0.1, -0.05) is 54.6 Å². The van der Waals surface area contributed by atoms with Gasteiger partial charge in [0, 0.05) is 41.2 Å². The summed E-state index contributed by atoms with van der Waals surface area (Å²) >= 11 is 0. The van der Waals surface area contributed by atoms with E-state index < -0.39 is 0 Å². The van der Waals surface area contributed by atoms with E-state index in [0.717, 1.165) is 52.3 Å². The molecule has 0 aliphatic heterocycles. The van der Waals surface area contributed by atoms with Crippen LogP contribution in [0.15, 0.2) is 91.3 Å². The summed E-state index contributed by atoms with van der Waals surface area (Å²) in [5.74, 6) is 0.663. The van der Waals surface area contributed by atoms with Crippen molar-refractivity contribution in [3.05, 3.63) is 102 Å². The van der Waals surface area contributed by atoms with Crippen LogP contribution < -0.4 is 16.4 Å². The van der Waals surface area contributed by atoms with Crippen LogP contribution in [-0.2, 0) is 6.54 Å². The van der Waals surface area contributed by atoms with Gasteiger partial charge in [-0.2, -0.15) is 0 Å². The lowest BCUT2D eigenvalue weighted by molar-refractivity contribution is 0.0951. The van der Waals surface area contributed by atoms with E-state index in [1.807, 2.05) is 91.3 Å². The van der Waals surface area contributed by atoms with Gasteiger partial charge < -0.3 is 16.4 Å². The fraction of sp³-hybridized carbons (Fsp3) is 0.138. The van der Waals surface area contributed by atoms with Crippen LogP contribution in [0.5, 0.6) is 0 Å². The minimum Gasteiger partial charge on any atom is -0.399 e. The standard InChI is InChI=1S/C29H26N6O/c30-23-8-4-5-19(15-23)16-31-27-28-32-17-26(35(28)18-25(34-27)20-6-2-1-3-7-20)21-9-11-22(12-10-21)29(36)33-24-13-14-24/h1-12,15,17-18,24H,13-14,16,30H2,(H,31,34)(H,33,36). The average molecular weight is 475 g/mol. The maximum absolute atomic E-state index is 12.4. The number of rotatable bonds is 7. The molecule has 4 N–H and O–H groups in total. The van der Waals surface area contributed by atoms with E-state index in [1.54, 1.807) is 0 Å². The number of carbonyl (C=O) groups excluding carboxylic acids is 1. The molecule has 0 bridgehead atoms. The number of carbonyl (C=O) groups is 1. The van der Waals surface area contributed by atoms with Crippen molar-refractivity contribution in [1.82, 2.24) is 19.7 Å². The number of nitrogens with two attached hydrogens (primary N) is 1. The molecule has 1 saturated carbocycles. The number of benzene rings is 3. The Bertz CT molecular complexity index is 1540. The molecule has 2 heterocycles. The Morgan fingerprint density at radius 1 is 0.972 bits per heavy atom. The summed E-state index contributed by atoms with van der Waals surface area (Å²) in [6.45, 7) is 0.568. The second kappa shape index (κ2) is 9.19. The highest BCUT2D eigenvalue weighted by atomic mass is 16.1. The molecule has 6 rings (SSSR count). The third-order valence-corrected chi connectivity index (χ3v) is 6.33. The normalized spacial score (nSPS) is 13.0. The number of fused-ring (bicyclic) bond motifs is 1. The lowest BCUT2D eigenvalue weighted by atomic mass is 10.1. The molecule has 3 aromatic carbocycles. The van der Waals surface area contributed by atoms with Gasteiger partial charge in [-0.25, -0.2) is 9.97 Å². The van der Waals surface area contributed by atoms with Crippen LogP contribution in [-0.4, -0.2) is 26.3 Å². The van der Waals surface area contributed by atoms with Crippen LogP contribution >= 0.6 is 0 Å². The molecule has 0 saturated heterocycles. The fourth-order valence-electron chi connectivity index (χ4n) is 4.25. The van der Waals surface area contributed by atoms with Crippen molar-refractivity contribution >= 4 is 23.1 Å². The molecule has 2 aromatic heterocycles. The van der Waals surface area contributed by atoms with Crippen LogP contribution in [0.4, 0.5) is 11.5 Å². The van der Waals surface area contributed by atoms with Crippen molar-refractivity contribution < 1.29 is 4.79 Å². The maximum Gasteiger partial charge on any atom is 0.251 e. The minimum absolute atomic E-state index is 0.0224. The molecule has 7 nitrogen and oxygen atoms in total. The number of amides is 1. The fourth-order valence-corrected chi connectivity index (χ4v) is 4.25. The lowest BCUT2D eigenvalue weighted by Gasteiger charge is -2.12. The number of nitrogens with zero attached hydrogens (tertiary/aromatic N) is 3. The van der Waals surface area contributed by atoms with Gasteiger partial charge in [0.1, 0.15) is 0 Å². The van der Waals surface area contributed by atoms with Gasteiger partial charge in [-0.05, 0) is 42.7 Å². The van der Waals surface area contributed by atoms with Crippen molar-refractivity contribution in [1.29, 1.82) is 0 Å². The molecule has 7 heteroatoms. The first-order valence-electron chi connectivity index (χ1n) is 12.1. The molecule has 0 radical (unpaired) electrons. The SMILES string of the molecule is Nc1cccc(CNc2nc(-c3ccccc3)cn3c(-c4ccc(C(=O)NC5CC5)cc4)cnc23)c1. The van der Waals surface area contributed by atoms with Gasteiger partial charge in [0.25, 0.3) is 5.91 Å². The first-order valence-corrected chi connectivity index (χ1v) is 12.1. The van der Waals surface area contributed by atoms with Gasteiger partial charge >= 0.3 is 0 Å². The molecule has 1 amide bonds. The van der Waals surface area contributed by atoms with Gasteiger partial charge in [-0.15, -0.1) is 0 Å². The first-order chi connectivity index (χ1) is 17.6. The molecular formula is C29H26N6O. The highest BCUT2D eigenvalue weighted by Gasteiger charge is 2.23. The van der Waals surface area contributed by atoms with Crippen molar-refractivity contribution in [3.63, 3.8) is 0 Å². The monoisotopic (exact) mass is 474 g/mol. The number of nitrogen functional groups attached to an aromatic ring is 1. The Morgan fingerprint density at radius 2 is 1.78 bits per heavy atom. The number of anilines is 2. The van der Waals surface area contributed by atoms with Crippen LogP contribution in [0.1, 0.15) is 28.8 Å². The van der Waals surface area contributed by atoms with E-state index in [1.165, 1.54) is 0 Å². The third-order valence-electron chi connectivity index (χ3n) is 6.33. The highest BCUT2D eigenvalue weighted by molar-refractivity contribution is 5.95. The summed E-state index contributed by atoms with van der Waals surface area (Å²) < 4.78 is 2.05. The number of hydrogen-bond donors (Lipinski definition) is 3. The second-order valence-corrected chi connectivity index (χ2v) is 9.10. The topological polar surface area (TPSA) is 97.3 Å². The molecule has 0 atom stereocenters. The third kappa shape index (κ3) is 4.51. The highest BCUT2D eigenvalue weighted by Crippen LogP contribution is 2.28. The van der Waals surface area contributed by atoms with E-state index in [-0.39, 0.29) is 5.91 Å². The zero-order valence-corrected chi connectivity index (χ0v) is 19.7. The summed E-state index contributed by atoms with van der Waals surface area (Å²) in [5.41, 5.74) is 12.9. The Kier molecular flexibility index (Phi) is 5.58. The predicted octanol–water partition coefficient (Wildman–Crippen LogP) is 5.15. The Labute approximate surface area is 209 Å². The minimum atomic E-state index is -0.0224. The zero-order chi connectivity index (χ0) is 24.5. The second-order valence-electron chi connectivity index (χ2n) is 9.10. The smallest absolute Gasteiger partial charge is 0.251 e. The molecule has 1 fully saturated rings. The van der Waals surface area contributed by atoms with Gasteiger partial charge in [0.15, 0.2) is 11.5 Å². The Balaban J connectivity index is 1.38. The summed E-state index contributed by atoms with van der Waals surface area (Å²) in [6.07, 6.45) is 5.98. The van der Waals surface area contributed by atoms with Gasteiger partial charge in [0.05, 0.1) is 17.6 Å². The largest absolute Gasteiger partial charge is 0.399 e. The molecule has 0 spiro atoms. The maximum atomic E-state index is 12.4. The molecule has 36 heavy (non-hydrogen) atoms. The van der Waals surface area contributed by atoms with E-state index in [9.17, 15) is 4.79 Å².